The summed E-state index contributed by atoms with van der Waals surface area (Å²) in [6.45, 7) is 9.14. The molecule has 0 fully saturated rings. The number of amidine groups is 1. The topological polar surface area (TPSA) is 168 Å². The van der Waals surface area contributed by atoms with Gasteiger partial charge in [0.1, 0.15) is 28.9 Å². The number of aromatic nitrogens is 3. The van der Waals surface area contributed by atoms with Crippen LogP contribution < -0.4 is 31.9 Å². The standard InChI is InChI=1S/C34H49N9O3/c1-4-37-16-8-5-9-17-42-23-26(12-15-32(42)36)46-31-14-13-30(27-10-6-7-11-28(27)31)40-34(45)41-33(20-29(35)24(2)3)39-25-21-38-43(22-25)18-19-44/h6-7,10-12,15,20-24,30-31,36-37,44H,4-5,8-9,13-14,16-19,35H2,1-3H3,(H2,39,40,41,45). The number of urea groups is 1. The van der Waals surface area contributed by atoms with Gasteiger partial charge in [-0.1, -0.05) is 51.5 Å². The number of rotatable bonds is 15. The number of nitrogens with zero attached hydrogens (tertiary/aromatic N) is 4. The van der Waals surface area contributed by atoms with Crippen LogP contribution >= 0.6 is 0 Å². The normalized spacial score (nSPS) is 16.7. The van der Waals surface area contributed by atoms with Gasteiger partial charge in [0.05, 0.1) is 31.6 Å². The summed E-state index contributed by atoms with van der Waals surface area (Å²) >= 11 is 0. The van der Waals surface area contributed by atoms with E-state index in [0.29, 0.717) is 42.1 Å². The summed E-state index contributed by atoms with van der Waals surface area (Å²) < 4.78 is 10.0. The van der Waals surface area contributed by atoms with E-state index < -0.39 is 6.03 Å². The Labute approximate surface area is 271 Å². The molecule has 1 aliphatic carbocycles. The van der Waals surface area contributed by atoms with Crippen LogP contribution in [0.4, 0.5) is 10.5 Å². The number of aliphatic hydroxyl groups is 1. The summed E-state index contributed by atoms with van der Waals surface area (Å²) in [5.41, 5.74) is 9.81. The van der Waals surface area contributed by atoms with E-state index in [1.165, 1.54) is 0 Å². The fourth-order valence-corrected chi connectivity index (χ4v) is 5.36. The molecule has 4 rings (SSSR count). The molecule has 2 amide bonds. The van der Waals surface area contributed by atoms with E-state index >= 15 is 0 Å². The molecule has 0 saturated carbocycles. The minimum Gasteiger partial charge on any atom is -0.484 e. The lowest BCUT2D eigenvalue weighted by molar-refractivity contribution is 0.170. The number of allylic oxidation sites excluding steroid dienone is 1. The van der Waals surface area contributed by atoms with E-state index in [-0.39, 0.29) is 24.7 Å². The molecule has 2 atom stereocenters. The van der Waals surface area contributed by atoms with Crippen molar-refractivity contribution in [3.05, 3.63) is 83.4 Å². The maximum atomic E-state index is 13.3. The number of aliphatic imine (C=N–C) groups is 1. The van der Waals surface area contributed by atoms with Crippen LogP contribution in [0.2, 0.25) is 0 Å². The molecule has 0 bridgehead atoms. The molecule has 0 saturated heterocycles. The number of aryl methyl sites for hydroxylation is 1. The number of ether oxygens (including phenoxy) is 1. The van der Waals surface area contributed by atoms with Gasteiger partial charge in [0, 0.05) is 18.4 Å². The number of carbonyl (C=O) groups excluding carboxylic acids is 1. The van der Waals surface area contributed by atoms with Crippen molar-refractivity contribution in [2.45, 2.75) is 78.1 Å². The number of carbonyl (C=O) groups is 1. The molecule has 7 N–H and O–H groups in total. The molecule has 3 aromatic rings. The molecule has 0 aliphatic heterocycles. The summed E-state index contributed by atoms with van der Waals surface area (Å²) in [5.74, 6) is 1.08. The number of pyridine rings is 1. The van der Waals surface area contributed by atoms with Gasteiger partial charge in [-0.3, -0.25) is 15.4 Å². The van der Waals surface area contributed by atoms with Crippen molar-refractivity contribution in [3.8, 4) is 5.75 Å². The summed E-state index contributed by atoms with van der Waals surface area (Å²) in [4.78, 5) is 17.9. The first-order valence-corrected chi connectivity index (χ1v) is 16.2. The monoisotopic (exact) mass is 631 g/mol. The van der Waals surface area contributed by atoms with E-state index in [0.717, 1.165) is 55.8 Å². The SMILES string of the molecule is CCNCCCCCn1cc(OC2CCC(NC(=O)NC(C=C(N)C(C)C)=Nc3cnn(CCO)c3)c3ccccc32)ccc1=N. The van der Waals surface area contributed by atoms with Crippen molar-refractivity contribution in [1.29, 1.82) is 5.41 Å². The van der Waals surface area contributed by atoms with Crippen molar-refractivity contribution in [2.24, 2.45) is 16.6 Å². The highest BCUT2D eigenvalue weighted by Crippen LogP contribution is 2.38. The van der Waals surface area contributed by atoms with Crippen molar-refractivity contribution in [2.75, 3.05) is 19.7 Å². The Bertz CT molecular complexity index is 1540. The van der Waals surface area contributed by atoms with Gasteiger partial charge in [-0.05, 0) is 74.0 Å². The van der Waals surface area contributed by atoms with Gasteiger partial charge in [-0.25, -0.2) is 9.79 Å². The molecule has 2 aromatic heterocycles. The van der Waals surface area contributed by atoms with Crippen LogP contribution in [0, 0.1) is 11.3 Å². The molecular formula is C34H49N9O3. The predicted molar refractivity (Wildman–Crippen MR) is 180 cm³/mol. The van der Waals surface area contributed by atoms with Crippen LogP contribution in [0.25, 0.3) is 0 Å². The minimum atomic E-state index is -0.397. The highest BCUT2D eigenvalue weighted by molar-refractivity contribution is 6.05. The zero-order chi connectivity index (χ0) is 32.9. The smallest absolute Gasteiger partial charge is 0.320 e. The van der Waals surface area contributed by atoms with Gasteiger partial charge in [-0.2, -0.15) is 5.10 Å². The Balaban J connectivity index is 1.43. The molecule has 248 valence electrons. The third-order valence-electron chi connectivity index (χ3n) is 7.93. The lowest BCUT2D eigenvalue weighted by Crippen LogP contribution is -2.42. The first-order valence-electron chi connectivity index (χ1n) is 16.2. The zero-order valence-corrected chi connectivity index (χ0v) is 27.2. The summed E-state index contributed by atoms with van der Waals surface area (Å²) in [6, 6.07) is 11.0. The van der Waals surface area contributed by atoms with E-state index in [4.69, 9.17) is 15.9 Å². The van der Waals surface area contributed by atoms with Crippen molar-refractivity contribution < 1.29 is 14.6 Å². The number of nitrogens with two attached hydrogens (primary N) is 1. The number of aliphatic hydroxyl groups excluding tert-OH is 1. The number of hydrogen-bond acceptors (Lipinski definition) is 8. The van der Waals surface area contributed by atoms with Gasteiger partial charge in [0.25, 0.3) is 0 Å². The number of amides is 2. The molecule has 1 aliphatic rings. The van der Waals surface area contributed by atoms with Crippen molar-refractivity contribution >= 4 is 17.6 Å². The fourth-order valence-electron chi connectivity index (χ4n) is 5.36. The summed E-state index contributed by atoms with van der Waals surface area (Å²) in [7, 11) is 0. The number of nitrogens with one attached hydrogen (secondary N) is 4. The number of hydrogen-bond donors (Lipinski definition) is 6. The lowest BCUT2D eigenvalue weighted by Gasteiger charge is -2.32. The molecule has 0 spiro atoms. The number of benzene rings is 1. The molecule has 0 radical (unpaired) electrons. The summed E-state index contributed by atoms with van der Waals surface area (Å²) in [5, 5.41) is 31.1. The Hall–Kier alpha value is -4.42. The predicted octanol–water partition coefficient (Wildman–Crippen LogP) is 4.42. The molecular weight excluding hydrogens is 582 g/mol. The van der Waals surface area contributed by atoms with Crippen LogP contribution in [0.3, 0.4) is 0 Å². The highest BCUT2D eigenvalue weighted by Gasteiger charge is 2.29. The third-order valence-corrected chi connectivity index (χ3v) is 7.93. The molecule has 2 heterocycles. The quantitative estimate of drug-likeness (QED) is 0.0825. The second-order valence-corrected chi connectivity index (χ2v) is 11.8. The molecule has 1 aromatic carbocycles. The molecule has 12 heteroatoms. The lowest BCUT2D eigenvalue weighted by atomic mass is 9.85. The average Bonchev–Trinajstić information content (AvgIpc) is 3.48. The fraction of sp³-hybridized carbons (Fsp3) is 0.471. The van der Waals surface area contributed by atoms with Crippen LogP contribution in [0.15, 0.2) is 71.8 Å². The van der Waals surface area contributed by atoms with E-state index in [1.54, 1.807) is 29.2 Å². The Morgan fingerprint density at radius 2 is 1.96 bits per heavy atom. The van der Waals surface area contributed by atoms with Crippen LogP contribution in [-0.2, 0) is 13.1 Å². The van der Waals surface area contributed by atoms with Gasteiger partial charge in [-0.15, -0.1) is 0 Å². The van der Waals surface area contributed by atoms with Gasteiger partial charge in [0.2, 0.25) is 0 Å². The van der Waals surface area contributed by atoms with E-state index in [9.17, 15) is 9.90 Å². The van der Waals surface area contributed by atoms with Crippen molar-refractivity contribution in [1.82, 2.24) is 30.3 Å². The third kappa shape index (κ3) is 10.0. The molecule has 46 heavy (non-hydrogen) atoms. The average molecular weight is 632 g/mol. The highest BCUT2D eigenvalue weighted by atomic mass is 16.5. The second kappa shape index (κ2) is 17.3. The van der Waals surface area contributed by atoms with Crippen LogP contribution in [-0.4, -0.2) is 51.0 Å². The second-order valence-electron chi connectivity index (χ2n) is 11.8. The van der Waals surface area contributed by atoms with Crippen LogP contribution in [0.5, 0.6) is 5.75 Å². The molecule has 2 unspecified atom stereocenters. The Kier molecular flexibility index (Phi) is 13.0. The summed E-state index contributed by atoms with van der Waals surface area (Å²) in [6.07, 6.45) is 11.3. The van der Waals surface area contributed by atoms with Crippen LogP contribution in [0.1, 0.15) is 76.1 Å². The molecule has 12 nitrogen and oxygen atoms in total. The number of fused-ring (bicyclic) bond motifs is 1. The Morgan fingerprint density at radius 3 is 2.72 bits per heavy atom. The largest absolute Gasteiger partial charge is 0.484 e. The maximum Gasteiger partial charge on any atom is 0.320 e. The number of unbranched alkanes of at least 4 members (excludes halogenated alkanes) is 2. The van der Waals surface area contributed by atoms with Crippen molar-refractivity contribution in [3.63, 3.8) is 0 Å². The first-order chi connectivity index (χ1) is 22.3. The van der Waals surface area contributed by atoms with Gasteiger partial charge in [0.15, 0.2) is 0 Å². The zero-order valence-electron chi connectivity index (χ0n) is 27.2. The van der Waals surface area contributed by atoms with E-state index in [2.05, 4.69) is 33.0 Å². The first kappa shape index (κ1) is 34.5. The van der Waals surface area contributed by atoms with Gasteiger partial charge < -0.3 is 30.8 Å². The minimum absolute atomic E-state index is 0.0394. The maximum absolute atomic E-state index is 13.3. The van der Waals surface area contributed by atoms with Gasteiger partial charge >= 0.3 is 6.03 Å². The Morgan fingerprint density at radius 1 is 1.15 bits per heavy atom. The van der Waals surface area contributed by atoms with E-state index in [1.807, 2.05) is 54.9 Å².